The molecule has 5 rings (SSSR count). The first-order valence-electron chi connectivity index (χ1n) is 10.0. The molecule has 1 saturated heterocycles. The third-order valence-corrected chi connectivity index (χ3v) is 6.46. The molecule has 0 amide bonds. The molecule has 3 aromatic rings. The van der Waals surface area contributed by atoms with Crippen molar-refractivity contribution in [1.82, 2.24) is 15.2 Å². The SMILES string of the molecule is N[C@@H]1c2ccccc2CC12CCN(c1ncc(Cc3ccccc3)nn1)CC2. The fraction of sp³-hybridized carbons (Fsp3) is 0.348. The van der Waals surface area contributed by atoms with Crippen LogP contribution in [0.25, 0.3) is 0 Å². The van der Waals surface area contributed by atoms with Gasteiger partial charge < -0.3 is 10.6 Å². The quantitative estimate of drug-likeness (QED) is 0.765. The molecule has 142 valence electrons. The molecule has 0 unspecified atom stereocenters. The van der Waals surface area contributed by atoms with Crippen LogP contribution in [0, 0.1) is 5.41 Å². The van der Waals surface area contributed by atoms with Crippen molar-refractivity contribution in [1.29, 1.82) is 0 Å². The second-order valence-corrected chi connectivity index (χ2v) is 8.11. The average molecular weight is 371 g/mol. The van der Waals surface area contributed by atoms with E-state index in [1.807, 2.05) is 24.4 Å². The Morgan fingerprint density at radius 2 is 1.71 bits per heavy atom. The van der Waals surface area contributed by atoms with Gasteiger partial charge in [-0.1, -0.05) is 54.6 Å². The van der Waals surface area contributed by atoms with Gasteiger partial charge in [-0.15, -0.1) is 10.2 Å². The number of nitrogens with two attached hydrogens (primary N) is 1. The molecule has 5 nitrogen and oxygen atoms in total. The van der Waals surface area contributed by atoms with Gasteiger partial charge in [0.2, 0.25) is 5.95 Å². The zero-order chi connectivity index (χ0) is 19.0. The van der Waals surface area contributed by atoms with Gasteiger partial charge in [0.1, 0.15) is 0 Å². The highest BCUT2D eigenvalue weighted by Crippen LogP contribution is 2.50. The Balaban J connectivity index is 1.25. The van der Waals surface area contributed by atoms with Crippen molar-refractivity contribution in [3.63, 3.8) is 0 Å². The van der Waals surface area contributed by atoms with Crippen LogP contribution in [0.15, 0.2) is 60.8 Å². The summed E-state index contributed by atoms with van der Waals surface area (Å²) in [5.41, 5.74) is 11.7. The van der Waals surface area contributed by atoms with Gasteiger partial charge in [0.05, 0.1) is 11.9 Å². The Morgan fingerprint density at radius 3 is 2.43 bits per heavy atom. The van der Waals surface area contributed by atoms with E-state index in [4.69, 9.17) is 5.73 Å². The largest absolute Gasteiger partial charge is 0.339 e. The van der Waals surface area contributed by atoms with E-state index in [1.54, 1.807) is 0 Å². The lowest BCUT2D eigenvalue weighted by Crippen LogP contribution is -2.45. The average Bonchev–Trinajstić information content (AvgIpc) is 3.02. The number of hydrogen-bond donors (Lipinski definition) is 1. The van der Waals surface area contributed by atoms with Crippen LogP contribution < -0.4 is 10.6 Å². The number of nitrogens with zero attached hydrogens (tertiary/aromatic N) is 4. The van der Waals surface area contributed by atoms with E-state index in [-0.39, 0.29) is 11.5 Å². The molecule has 0 radical (unpaired) electrons. The summed E-state index contributed by atoms with van der Waals surface area (Å²) in [5, 5.41) is 8.81. The fourth-order valence-electron chi connectivity index (χ4n) is 4.78. The van der Waals surface area contributed by atoms with E-state index >= 15 is 0 Å². The van der Waals surface area contributed by atoms with Crippen molar-refractivity contribution >= 4 is 5.95 Å². The van der Waals surface area contributed by atoms with Gasteiger partial charge in [0, 0.05) is 25.6 Å². The van der Waals surface area contributed by atoms with E-state index < -0.39 is 0 Å². The van der Waals surface area contributed by atoms with Crippen LogP contribution in [0.1, 0.15) is 41.3 Å². The second-order valence-electron chi connectivity index (χ2n) is 8.11. The van der Waals surface area contributed by atoms with Crippen molar-refractivity contribution < 1.29 is 0 Å². The van der Waals surface area contributed by atoms with Crippen LogP contribution in [0.2, 0.25) is 0 Å². The first kappa shape index (κ1) is 17.3. The number of piperidine rings is 1. The topological polar surface area (TPSA) is 67.9 Å². The van der Waals surface area contributed by atoms with Gasteiger partial charge in [-0.2, -0.15) is 0 Å². The molecule has 1 aliphatic heterocycles. The summed E-state index contributed by atoms with van der Waals surface area (Å²) in [6.07, 6.45) is 5.84. The highest BCUT2D eigenvalue weighted by Gasteiger charge is 2.46. The first-order valence-corrected chi connectivity index (χ1v) is 10.0. The molecular formula is C23H25N5. The molecule has 1 atom stereocenters. The maximum atomic E-state index is 6.67. The van der Waals surface area contributed by atoms with Gasteiger partial charge >= 0.3 is 0 Å². The van der Waals surface area contributed by atoms with Crippen molar-refractivity contribution in [3.8, 4) is 0 Å². The zero-order valence-corrected chi connectivity index (χ0v) is 16.0. The molecule has 1 aromatic heterocycles. The second kappa shape index (κ2) is 6.99. The van der Waals surface area contributed by atoms with Crippen LogP contribution in [0.4, 0.5) is 5.95 Å². The Labute approximate surface area is 165 Å². The molecule has 1 spiro atoms. The Morgan fingerprint density at radius 1 is 0.964 bits per heavy atom. The fourth-order valence-corrected chi connectivity index (χ4v) is 4.78. The van der Waals surface area contributed by atoms with E-state index in [0.29, 0.717) is 0 Å². The van der Waals surface area contributed by atoms with Crippen molar-refractivity contribution in [2.24, 2.45) is 11.1 Å². The maximum Gasteiger partial charge on any atom is 0.245 e. The molecule has 0 bridgehead atoms. The summed E-state index contributed by atoms with van der Waals surface area (Å²) in [6.45, 7) is 1.86. The summed E-state index contributed by atoms with van der Waals surface area (Å²) in [7, 11) is 0. The summed E-state index contributed by atoms with van der Waals surface area (Å²) >= 11 is 0. The lowest BCUT2D eigenvalue weighted by molar-refractivity contribution is 0.187. The number of anilines is 1. The van der Waals surface area contributed by atoms with E-state index in [2.05, 4.69) is 56.5 Å². The van der Waals surface area contributed by atoms with Gasteiger partial charge in [-0.25, -0.2) is 4.98 Å². The van der Waals surface area contributed by atoms with Crippen molar-refractivity contribution in [2.75, 3.05) is 18.0 Å². The van der Waals surface area contributed by atoms with Crippen LogP contribution in [-0.2, 0) is 12.8 Å². The molecule has 1 aliphatic carbocycles. The summed E-state index contributed by atoms with van der Waals surface area (Å²) in [6, 6.07) is 19.1. The zero-order valence-electron chi connectivity index (χ0n) is 16.0. The predicted molar refractivity (Wildman–Crippen MR) is 110 cm³/mol. The Hall–Kier alpha value is -2.79. The van der Waals surface area contributed by atoms with Gasteiger partial charge in [-0.05, 0) is 41.4 Å². The summed E-state index contributed by atoms with van der Waals surface area (Å²) < 4.78 is 0. The molecule has 0 saturated carbocycles. The van der Waals surface area contributed by atoms with E-state index in [0.717, 1.165) is 50.4 Å². The number of benzene rings is 2. The van der Waals surface area contributed by atoms with Crippen LogP contribution in [0.5, 0.6) is 0 Å². The minimum absolute atomic E-state index is 0.137. The molecule has 5 heteroatoms. The summed E-state index contributed by atoms with van der Waals surface area (Å²) in [5.74, 6) is 0.732. The molecule has 2 heterocycles. The standard InChI is InChI=1S/C23H25N5/c24-21-20-9-5-4-8-18(20)15-23(21)10-12-28(13-11-23)22-25-16-19(26-27-22)14-17-6-2-1-3-7-17/h1-9,16,21H,10-15,24H2/t21-/m1/s1. The van der Waals surface area contributed by atoms with Crippen LogP contribution >= 0.6 is 0 Å². The lowest BCUT2D eigenvalue weighted by Gasteiger charge is -2.42. The van der Waals surface area contributed by atoms with Crippen molar-refractivity contribution in [3.05, 3.63) is 83.2 Å². The van der Waals surface area contributed by atoms with Crippen LogP contribution in [-0.4, -0.2) is 28.3 Å². The van der Waals surface area contributed by atoms with E-state index in [1.165, 1.54) is 16.7 Å². The molecule has 1 fully saturated rings. The number of rotatable bonds is 3. The Bertz CT molecular complexity index is 946. The molecule has 2 N–H and O–H groups in total. The highest BCUT2D eigenvalue weighted by atomic mass is 15.3. The predicted octanol–water partition coefficient (Wildman–Crippen LogP) is 3.31. The number of fused-ring (bicyclic) bond motifs is 1. The molecular weight excluding hydrogens is 346 g/mol. The minimum Gasteiger partial charge on any atom is -0.339 e. The monoisotopic (exact) mass is 371 g/mol. The van der Waals surface area contributed by atoms with Gasteiger partial charge in [0.15, 0.2) is 0 Å². The maximum absolute atomic E-state index is 6.67. The van der Waals surface area contributed by atoms with Gasteiger partial charge in [-0.3, -0.25) is 0 Å². The molecule has 2 aliphatic rings. The third kappa shape index (κ3) is 3.06. The first-order chi connectivity index (χ1) is 13.7. The molecule has 2 aromatic carbocycles. The molecule has 28 heavy (non-hydrogen) atoms. The lowest BCUT2D eigenvalue weighted by atomic mass is 9.73. The number of aromatic nitrogens is 3. The van der Waals surface area contributed by atoms with Gasteiger partial charge in [0.25, 0.3) is 0 Å². The van der Waals surface area contributed by atoms with E-state index in [9.17, 15) is 0 Å². The van der Waals surface area contributed by atoms with Crippen LogP contribution in [0.3, 0.4) is 0 Å². The normalized spacial score (nSPS) is 20.3. The number of hydrogen-bond acceptors (Lipinski definition) is 5. The Kier molecular flexibility index (Phi) is 4.32. The minimum atomic E-state index is 0.137. The smallest absolute Gasteiger partial charge is 0.245 e. The third-order valence-electron chi connectivity index (χ3n) is 6.46. The summed E-state index contributed by atoms with van der Waals surface area (Å²) in [4.78, 5) is 6.84. The van der Waals surface area contributed by atoms with Crippen molar-refractivity contribution in [2.45, 2.75) is 31.7 Å². The highest BCUT2D eigenvalue weighted by molar-refractivity contribution is 5.40.